The highest BCUT2D eigenvalue weighted by molar-refractivity contribution is 5.88. The lowest BCUT2D eigenvalue weighted by Crippen LogP contribution is -2.10. The second kappa shape index (κ2) is 7.59. The minimum absolute atomic E-state index is 0.928. The predicted octanol–water partition coefficient (Wildman–Crippen LogP) is 4.77. The SMILES string of the molecule is CCCCn1cnc2ccc(-c3c(-c4cccc(N(C)C)n4)nn4c3CCC4)cc21. The summed E-state index contributed by atoms with van der Waals surface area (Å²) in [6, 6.07) is 12.8. The fraction of sp³-hybridized carbons (Fsp3) is 0.375. The van der Waals surface area contributed by atoms with Crippen LogP contribution >= 0.6 is 0 Å². The molecule has 1 aromatic carbocycles. The van der Waals surface area contributed by atoms with Gasteiger partial charge in [-0.1, -0.05) is 25.5 Å². The van der Waals surface area contributed by atoms with E-state index in [2.05, 4.69) is 51.5 Å². The number of nitrogens with zero attached hydrogens (tertiary/aromatic N) is 6. The van der Waals surface area contributed by atoms with Gasteiger partial charge in [0, 0.05) is 38.4 Å². The van der Waals surface area contributed by atoms with Crippen LogP contribution in [-0.2, 0) is 19.5 Å². The summed E-state index contributed by atoms with van der Waals surface area (Å²) >= 11 is 0. The summed E-state index contributed by atoms with van der Waals surface area (Å²) in [6.45, 7) is 4.20. The molecule has 6 heteroatoms. The third kappa shape index (κ3) is 3.16. The molecule has 0 saturated heterocycles. The minimum Gasteiger partial charge on any atom is -0.363 e. The first-order chi connectivity index (χ1) is 14.7. The van der Waals surface area contributed by atoms with Crippen LogP contribution in [0.3, 0.4) is 0 Å². The molecule has 0 amide bonds. The lowest BCUT2D eigenvalue weighted by Gasteiger charge is -2.12. The molecule has 4 aromatic rings. The molecule has 6 nitrogen and oxygen atoms in total. The van der Waals surface area contributed by atoms with Gasteiger partial charge in [-0.15, -0.1) is 0 Å². The van der Waals surface area contributed by atoms with Crippen molar-refractivity contribution >= 4 is 16.9 Å². The van der Waals surface area contributed by atoms with Crippen molar-refractivity contribution in [1.82, 2.24) is 24.3 Å². The van der Waals surface area contributed by atoms with Gasteiger partial charge in [-0.2, -0.15) is 5.10 Å². The zero-order chi connectivity index (χ0) is 20.7. The van der Waals surface area contributed by atoms with E-state index in [1.165, 1.54) is 28.8 Å². The largest absolute Gasteiger partial charge is 0.363 e. The summed E-state index contributed by atoms with van der Waals surface area (Å²) in [5.41, 5.74) is 7.90. The van der Waals surface area contributed by atoms with Crippen LogP contribution in [0.1, 0.15) is 31.9 Å². The van der Waals surface area contributed by atoms with Crippen LogP contribution < -0.4 is 4.90 Å². The average molecular weight is 401 g/mol. The number of benzene rings is 1. The maximum Gasteiger partial charge on any atom is 0.128 e. The van der Waals surface area contributed by atoms with Gasteiger partial charge in [-0.05, 0) is 49.1 Å². The molecule has 4 heterocycles. The smallest absolute Gasteiger partial charge is 0.128 e. The molecule has 0 N–H and O–H groups in total. The van der Waals surface area contributed by atoms with Gasteiger partial charge in [0.15, 0.2) is 0 Å². The van der Waals surface area contributed by atoms with Crippen LogP contribution in [0.25, 0.3) is 33.5 Å². The zero-order valence-corrected chi connectivity index (χ0v) is 18.0. The molecule has 30 heavy (non-hydrogen) atoms. The molecule has 0 bridgehead atoms. The van der Waals surface area contributed by atoms with Gasteiger partial charge in [0.2, 0.25) is 0 Å². The summed E-state index contributed by atoms with van der Waals surface area (Å²) in [7, 11) is 4.04. The second-order valence-electron chi connectivity index (χ2n) is 8.27. The van der Waals surface area contributed by atoms with Crippen LogP contribution in [0.15, 0.2) is 42.7 Å². The molecule has 0 aliphatic carbocycles. The number of rotatable bonds is 6. The highest BCUT2D eigenvalue weighted by Crippen LogP contribution is 2.38. The highest BCUT2D eigenvalue weighted by Gasteiger charge is 2.25. The Hall–Kier alpha value is -3.15. The van der Waals surface area contributed by atoms with E-state index in [0.29, 0.717) is 0 Å². The minimum atomic E-state index is 0.928. The second-order valence-corrected chi connectivity index (χ2v) is 8.27. The standard InChI is InChI=1S/C24H28N6/c1-4-5-13-29-16-25-18-12-11-17(15-21(18)29)23-20-9-7-14-30(20)27-24(23)19-8-6-10-22(26-19)28(2)3/h6,8,10-12,15-16H,4-5,7,9,13-14H2,1-3H3. The quantitative estimate of drug-likeness (QED) is 0.468. The van der Waals surface area contributed by atoms with Gasteiger partial charge in [-0.25, -0.2) is 9.97 Å². The number of fused-ring (bicyclic) bond motifs is 2. The van der Waals surface area contributed by atoms with Gasteiger partial charge in [0.25, 0.3) is 0 Å². The maximum absolute atomic E-state index is 4.99. The lowest BCUT2D eigenvalue weighted by atomic mass is 9.99. The molecule has 0 fully saturated rings. The van der Waals surface area contributed by atoms with Crippen molar-refractivity contribution in [3.05, 3.63) is 48.4 Å². The van der Waals surface area contributed by atoms with Crippen molar-refractivity contribution in [2.45, 2.75) is 45.7 Å². The van der Waals surface area contributed by atoms with Crippen molar-refractivity contribution in [1.29, 1.82) is 0 Å². The Labute approximate surface area is 177 Å². The van der Waals surface area contributed by atoms with Crippen LogP contribution in [0.4, 0.5) is 5.82 Å². The predicted molar refractivity (Wildman–Crippen MR) is 122 cm³/mol. The molecule has 3 aromatic heterocycles. The Morgan fingerprint density at radius 2 is 2.03 bits per heavy atom. The third-order valence-corrected chi connectivity index (χ3v) is 5.94. The Bertz CT molecular complexity index is 1200. The monoisotopic (exact) mass is 400 g/mol. The van der Waals surface area contributed by atoms with Gasteiger partial charge in [0.05, 0.1) is 23.1 Å². The van der Waals surface area contributed by atoms with Crippen molar-refractivity contribution in [3.63, 3.8) is 0 Å². The Morgan fingerprint density at radius 3 is 2.87 bits per heavy atom. The Morgan fingerprint density at radius 1 is 1.13 bits per heavy atom. The molecule has 1 aliphatic heterocycles. The Balaban J connectivity index is 1.67. The summed E-state index contributed by atoms with van der Waals surface area (Å²) in [4.78, 5) is 11.5. The van der Waals surface area contributed by atoms with Crippen molar-refractivity contribution in [3.8, 4) is 22.5 Å². The van der Waals surface area contributed by atoms with E-state index in [0.717, 1.165) is 55.1 Å². The molecular weight excluding hydrogens is 372 g/mol. The number of aryl methyl sites for hydroxylation is 2. The summed E-state index contributed by atoms with van der Waals surface area (Å²) in [5, 5.41) is 4.99. The van der Waals surface area contributed by atoms with E-state index in [-0.39, 0.29) is 0 Å². The third-order valence-electron chi connectivity index (χ3n) is 5.94. The number of imidazole rings is 1. The molecule has 0 atom stereocenters. The van der Waals surface area contributed by atoms with Crippen molar-refractivity contribution < 1.29 is 0 Å². The number of pyridine rings is 1. The average Bonchev–Trinajstić information content (AvgIpc) is 3.46. The number of hydrogen-bond acceptors (Lipinski definition) is 4. The van der Waals surface area contributed by atoms with Crippen LogP contribution in [0.2, 0.25) is 0 Å². The molecular formula is C24H28N6. The Kier molecular flexibility index (Phi) is 4.77. The highest BCUT2D eigenvalue weighted by atomic mass is 15.3. The molecule has 5 rings (SSSR count). The van der Waals surface area contributed by atoms with Crippen LogP contribution in [-0.4, -0.2) is 38.4 Å². The number of anilines is 1. The summed E-state index contributed by atoms with van der Waals surface area (Å²) < 4.78 is 4.45. The number of aromatic nitrogens is 5. The normalized spacial score (nSPS) is 13.2. The van der Waals surface area contributed by atoms with E-state index in [9.17, 15) is 0 Å². The van der Waals surface area contributed by atoms with Gasteiger partial charge < -0.3 is 9.47 Å². The van der Waals surface area contributed by atoms with E-state index in [1.54, 1.807) is 0 Å². The topological polar surface area (TPSA) is 51.8 Å². The lowest BCUT2D eigenvalue weighted by molar-refractivity contribution is 0.646. The first-order valence-electron chi connectivity index (χ1n) is 10.9. The first kappa shape index (κ1) is 18.9. The molecule has 154 valence electrons. The number of hydrogen-bond donors (Lipinski definition) is 0. The fourth-order valence-corrected chi connectivity index (χ4v) is 4.34. The first-order valence-corrected chi connectivity index (χ1v) is 10.9. The van der Waals surface area contributed by atoms with E-state index < -0.39 is 0 Å². The van der Waals surface area contributed by atoms with Gasteiger partial charge in [-0.3, -0.25) is 4.68 Å². The number of unbranched alkanes of at least 4 members (excludes halogenated alkanes) is 1. The van der Waals surface area contributed by atoms with Gasteiger partial charge in [0.1, 0.15) is 11.5 Å². The van der Waals surface area contributed by atoms with E-state index >= 15 is 0 Å². The van der Waals surface area contributed by atoms with E-state index in [1.807, 2.05) is 31.4 Å². The molecule has 0 spiro atoms. The molecule has 0 saturated carbocycles. The molecule has 1 aliphatic rings. The fourth-order valence-electron chi connectivity index (χ4n) is 4.34. The maximum atomic E-state index is 4.99. The van der Waals surface area contributed by atoms with Crippen LogP contribution in [0, 0.1) is 0 Å². The van der Waals surface area contributed by atoms with E-state index in [4.69, 9.17) is 10.1 Å². The van der Waals surface area contributed by atoms with Crippen molar-refractivity contribution in [2.24, 2.45) is 0 Å². The molecule has 0 unspecified atom stereocenters. The molecule has 0 radical (unpaired) electrons. The van der Waals surface area contributed by atoms with Crippen LogP contribution in [0.5, 0.6) is 0 Å². The van der Waals surface area contributed by atoms with Gasteiger partial charge >= 0.3 is 0 Å². The summed E-state index contributed by atoms with van der Waals surface area (Å²) in [5.74, 6) is 0.944. The summed E-state index contributed by atoms with van der Waals surface area (Å²) in [6.07, 6.45) is 6.51. The van der Waals surface area contributed by atoms with Crippen molar-refractivity contribution in [2.75, 3.05) is 19.0 Å². The zero-order valence-electron chi connectivity index (χ0n) is 18.0.